The molecule has 2 heterocycles. The topological polar surface area (TPSA) is 6.48 Å². The summed E-state index contributed by atoms with van der Waals surface area (Å²) in [7, 11) is 0. The molecule has 60 heavy (non-hydrogen) atoms. The maximum atomic E-state index is 2.53. The third-order valence-electron chi connectivity index (χ3n) is 13.8. The van der Waals surface area contributed by atoms with E-state index in [0.717, 1.165) is 19.4 Å². The van der Waals surface area contributed by atoms with Gasteiger partial charge in [0.1, 0.15) is 0 Å². The molecule has 12 rings (SSSR count). The second-order valence-electron chi connectivity index (χ2n) is 17.6. The largest absolute Gasteiger partial charge is 0.341 e. The molecule has 0 bridgehead atoms. The van der Waals surface area contributed by atoms with E-state index in [9.17, 15) is 0 Å². The monoisotopic (exact) mass is 790 g/mol. The van der Waals surface area contributed by atoms with Crippen LogP contribution in [0, 0.1) is 0 Å². The number of fused-ring (bicyclic) bond motifs is 11. The van der Waals surface area contributed by atoms with Crippen LogP contribution >= 0.6 is 11.8 Å². The number of aryl methyl sites for hydroxylation is 1. The van der Waals surface area contributed by atoms with Crippen molar-refractivity contribution >= 4 is 80.0 Å². The number of anilines is 5. The fraction of sp³-hybridized carbons (Fsp3) is 0.158. The summed E-state index contributed by atoms with van der Waals surface area (Å²) in [6, 6.07) is 55.0. The Hall–Kier alpha value is -6.29. The van der Waals surface area contributed by atoms with E-state index in [1.54, 1.807) is 0 Å². The number of para-hydroxylation sites is 3. The molecular weight excluding hydrogens is 745 g/mol. The summed E-state index contributed by atoms with van der Waals surface area (Å²) in [6.45, 7) is 8.27. The van der Waals surface area contributed by atoms with Gasteiger partial charge in [0, 0.05) is 38.7 Å². The zero-order valence-corrected chi connectivity index (χ0v) is 35.2. The van der Waals surface area contributed by atoms with Gasteiger partial charge < -0.3 is 9.80 Å². The van der Waals surface area contributed by atoms with Gasteiger partial charge in [0.25, 0.3) is 0 Å². The molecule has 290 valence electrons. The van der Waals surface area contributed by atoms with Crippen molar-refractivity contribution in [1.29, 1.82) is 0 Å². The molecule has 2 aliphatic carbocycles. The maximum absolute atomic E-state index is 2.53. The van der Waals surface area contributed by atoms with Crippen LogP contribution in [0.15, 0.2) is 161 Å². The summed E-state index contributed by atoms with van der Waals surface area (Å²) in [5.74, 6) is 0.390. The molecule has 8 aromatic carbocycles. The highest BCUT2D eigenvalue weighted by molar-refractivity contribution is 7.99. The molecular formula is C57H46N2S. The van der Waals surface area contributed by atoms with Crippen LogP contribution in [0.4, 0.5) is 28.4 Å². The molecule has 0 spiro atoms. The molecule has 0 fully saturated rings. The Morgan fingerprint density at radius 1 is 0.617 bits per heavy atom. The standard InChI is InChI=1S/C57H46N2S/c1-36-14-12-19-45-53(59-51-21-8-10-23-54(51)60-55-24-11-9-22-52(55)59)35-46-42-18-6-5-17-41(42)39(33-47(46)56(36)45)27-25-37-26-29-43-44-30-28-40(34-49(44)57(2,3)48(43)32-37)58-31-13-16-38-15-4-7-20-50(38)58/h4-12,15,17-30,32-36H,13-14,16,31H2,1-3H3/b27-25+. The number of allylic oxidation sites excluding steroid dienone is 1. The molecule has 0 aromatic heterocycles. The minimum Gasteiger partial charge on any atom is -0.341 e. The number of nitrogens with zero attached hydrogens (tertiary/aromatic N) is 2. The van der Waals surface area contributed by atoms with Gasteiger partial charge in [-0.3, -0.25) is 0 Å². The zero-order valence-electron chi connectivity index (χ0n) is 34.4. The Labute approximate surface area is 357 Å². The lowest BCUT2D eigenvalue weighted by Crippen LogP contribution is -2.25. The van der Waals surface area contributed by atoms with E-state index in [1.165, 1.54) is 116 Å². The molecule has 2 nitrogen and oxygen atoms in total. The molecule has 4 aliphatic rings. The van der Waals surface area contributed by atoms with Crippen LogP contribution in [0.1, 0.15) is 78.5 Å². The van der Waals surface area contributed by atoms with Gasteiger partial charge in [0.05, 0.1) is 17.1 Å². The van der Waals surface area contributed by atoms with Gasteiger partial charge in [0.2, 0.25) is 0 Å². The first-order chi connectivity index (χ1) is 29.4. The minimum absolute atomic E-state index is 0.107. The van der Waals surface area contributed by atoms with E-state index >= 15 is 0 Å². The Bertz CT molecular complexity index is 3100. The van der Waals surface area contributed by atoms with Crippen LogP contribution < -0.4 is 9.80 Å². The Kier molecular flexibility index (Phi) is 8.09. The van der Waals surface area contributed by atoms with Gasteiger partial charge in [-0.25, -0.2) is 0 Å². The van der Waals surface area contributed by atoms with E-state index in [1.807, 2.05) is 11.8 Å². The van der Waals surface area contributed by atoms with Gasteiger partial charge in [-0.2, -0.15) is 0 Å². The fourth-order valence-electron chi connectivity index (χ4n) is 10.8. The van der Waals surface area contributed by atoms with Crippen molar-refractivity contribution in [3.05, 3.63) is 191 Å². The van der Waals surface area contributed by atoms with Gasteiger partial charge in [-0.1, -0.05) is 148 Å². The van der Waals surface area contributed by atoms with Gasteiger partial charge in [0.15, 0.2) is 0 Å². The molecule has 0 saturated carbocycles. The zero-order chi connectivity index (χ0) is 40.1. The predicted molar refractivity (Wildman–Crippen MR) is 257 cm³/mol. The van der Waals surface area contributed by atoms with Gasteiger partial charge >= 0.3 is 0 Å². The number of hydrogen-bond acceptors (Lipinski definition) is 3. The quantitative estimate of drug-likeness (QED) is 0.129. The fourth-order valence-corrected chi connectivity index (χ4v) is 11.9. The number of benzene rings is 8. The molecule has 0 N–H and O–H groups in total. The smallest absolute Gasteiger partial charge is 0.0601 e. The summed E-state index contributed by atoms with van der Waals surface area (Å²) < 4.78 is 0. The van der Waals surface area contributed by atoms with Crippen molar-refractivity contribution in [3.63, 3.8) is 0 Å². The molecule has 0 amide bonds. The summed E-state index contributed by atoms with van der Waals surface area (Å²) in [6.07, 6.45) is 12.8. The van der Waals surface area contributed by atoms with Crippen LogP contribution in [-0.4, -0.2) is 6.54 Å². The first-order valence-corrected chi connectivity index (χ1v) is 22.4. The maximum Gasteiger partial charge on any atom is 0.0601 e. The van der Waals surface area contributed by atoms with E-state index in [2.05, 4.69) is 200 Å². The highest BCUT2D eigenvalue weighted by atomic mass is 32.2. The second-order valence-corrected chi connectivity index (χ2v) is 18.7. The number of hydrogen-bond donors (Lipinski definition) is 0. The number of rotatable bonds is 4. The minimum atomic E-state index is -0.107. The molecule has 1 atom stereocenters. The van der Waals surface area contributed by atoms with Crippen LogP contribution in [0.3, 0.4) is 0 Å². The molecule has 8 aromatic rings. The van der Waals surface area contributed by atoms with Crippen molar-refractivity contribution in [2.75, 3.05) is 16.3 Å². The molecule has 2 aliphatic heterocycles. The normalized spacial score (nSPS) is 17.0. The summed E-state index contributed by atoms with van der Waals surface area (Å²) >= 11 is 1.87. The van der Waals surface area contributed by atoms with Crippen molar-refractivity contribution in [2.24, 2.45) is 0 Å². The summed E-state index contributed by atoms with van der Waals surface area (Å²) in [5.41, 5.74) is 18.6. The van der Waals surface area contributed by atoms with Crippen molar-refractivity contribution in [2.45, 2.75) is 61.2 Å². The van der Waals surface area contributed by atoms with Crippen LogP contribution in [-0.2, 0) is 11.8 Å². The molecule has 0 saturated heterocycles. The highest BCUT2D eigenvalue weighted by Gasteiger charge is 2.36. The highest BCUT2D eigenvalue weighted by Crippen LogP contribution is 2.55. The predicted octanol–water partition coefficient (Wildman–Crippen LogP) is 16.0. The first-order valence-electron chi connectivity index (χ1n) is 21.6. The van der Waals surface area contributed by atoms with Crippen LogP contribution in [0.25, 0.3) is 50.9 Å². The average molecular weight is 791 g/mol. The molecule has 3 heteroatoms. The Morgan fingerprint density at radius 2 is 1.30 bits per heavy atom. The van der Waals surface area contributed by atoms with E-state index in [4.69, 9.17) is 0 Å². The van der Waals surface area contributed by atoms with Crippen LogP contribution in [0.5, 0.6) is 0 Å². The van der Waals surface area contributed by atoms with Crippen molar-refractivity contribution in [3.8, 4) is 11.1 Å². The van der Waals surface area contributed by atoms with E-state index in [0.29, 0.717) is 5.92 Å². The van der Waals surface area contributed by atoms with Gasteiger partial charge in [-0.05, 0) is 146 Å². The molecule has 0 radical (unpaired) electrons. The van der Waals surface area contributed by atoms with Crippen molar-refractivity contribution in [1.82, 2.24) is 0 Å². The third-order valence-corrected chi connectivity index (χ3v) is 14.9. The summed E-state index contributed by atoms with van der Waals surface area (Å²) in [4.78, 5) is 7.62. The summed E-state index contributed by atoms with van der Waals surface area (Å²) in [5, 5.41) is 5.25. The average Bonchev–Trinajstić information content (AvgIpc) is 3.51. The lowest BCUT2D eigenvalue weighted by atomic mass is 9.81. The Morgan fingerprint density at radius 3 is 2.10 bits per heavy atom. The third kappa shape index (κ3) is 5.41. The molecule has 1 unspecified atom stereocenters. The Balaban J connectivity index is 0.958. The lowest BCUT2D eigenvalue weighted by molar-refractivity contribution is 0.659. The van der Waals surface area contributed by atoms with E-state index in [-0.39, 0.29) is 5.41 Å². The lowest BCUT2D eigenvalue weighted by Gasteiger charge is -2.36. The van der Waals surface area contributed by atoms with Gasteiger partial charge in [-0.15, -0.1) is 0 Å². The second kappa shape index (κ2) is 13.6. The van der Waals surface area contributed by atoms with Crippen LogP contribution in [0.2, 0.25) is 0 Å². The SMILES string of the molecule is CC1CC=Cc2c(N3c4ccccc4Sc4ccccc43)cc3c(cc(/C=C/c4ccc5c(c4)C(C)(C)c4cc(N6CCCc7ccccc76)ccc4-5)c4ccccc43)c21. The van der Waals surface area contributed by atoms with E-state index < -0.39 is 0 Å². The van der Waals surface area contributed by atoms with Crippen molar-refractivity contribution < 1.29 is 0 Å². The first kappa shape index (κ1) is 35.6.